The number of nitrogens with one attached hydrogen (secondary N) is 1. The predicted octanol–water partition coefficient (Wildman–Crippen LogP) is 8.84. The van der Waals surface area contributed by atoms with E-state index in [0.29, 0.717) is 47.7 Å². The van der Waals surface area contributed by atoms with Crippen molar-refractivity contribution in [1.29, 1.82) is 0 Å². The molecule has 228 valence electrons. The Hall–Kier alpha value is -2.05. The summed E-state index contributed by atoms with van der Waals surface area (Å²) in [5.41, 5.74) is 5.03. The summed E-state index contributed by atoms with van der Waals surface area (Å²) in [6, 6.07) is 7.54. The Balaban J connectivity index is 0.000000287. The molecule has 0 atom stereocenters. The molecule has 1 aliphatic rings. The van der Waals surface area contributed by atoms with Gasteiger partial charge in [0.05, 0.1) is 18.1 Å². The molecule has 4 nitrogen and oxygen atoms in total. The first-order valence-electron chi connectivity index (χ1n) is 12.7. The minimum atomic E-state index is -4.20. The third-order valence-electron chi connectivity index (χ3n) is 5.74. The van der Waals surface area contributed by atoms with Gasteiger partial charge in [0.25, 0.3) is 6.02 Å². The number of hydrogen-bond acceptors (Lipinski definition) is 6. The molecule has 0 saturated carbocycles. The summed E-state index contributed by atoms with van der Waals surface area (Å²) in [6.07, 6.45) is -7.09. The van der Waals surface area contributed by atoms with Crippen molar-refractivity contribution < 1.29 is 35.9 Å². The summed E-state index contributed by atoms with van der Waals surface area (Å²) in [4.78, 5) is 17.1. The molecule has 0 fully saturated rings. The molecule has 0 aliphatic carbocycles. The first-order valence-corrected chi connectivity index (χ1v) is 15.2. The van der Waals surface area contributed by atoms with Crippen LogP contribution in [0.15, 0.2) is 39.0 Å². The monoisotopic (exact) mass is 642 g/mol. The van der Waals surface area contributed by atoms with Gasteiger partial charge in [-0.15, -0.1) is 35.1 Å². The van der Waals surface area contributed by atoms with Crippen molar-refractivity contribution in [3.8, 4) is 0 Å². The summed E-state index contributed by atoms with van der Waals surface area (Å²) in [5, 5.41) is 3.01. The molecule has 3 rings (SSSR count). The second-order valence-corrected chi connectivity index (χ2v) is 11.9. The zero-order valence-corrected chi connectivity index (χ0v) is 25.6. The average molecular weight is 643 g/mol. The van der Waals surface area contributed by atoms with E-state index in [4.69, 9.17) is 16.3 Å². The van der Waals surface area contributed by atoms with Crippen LogP contribution in [-0.2, 0) is 16.0 Å². The molecule has 0 unspecified atom stereocenters. The van der Waals surface area contributed by atoms with E-state index >= 15 is 0 Å². The van der Waals surface area contributed by atoms with Crippen LogP contribution in [0.3, 0.4) is 0 Å². The van der Waals surface area contributed by atoms with Crippen molar-refractivity contribution in [2.24, 2.45) is 4.99 Å². The standard InChI is InChI=1S/C15H18ClF3OS.C13H15F3N2OS/c1-10-6-11(2)14(21-9-15(17,18)19)8-12(10)7-13(20)4-3-5-16;1-8-5-9(2)11(20-7-13(14,15)16)6-10(8)18-12-17-3-4-19-12/h6,8H,3-5,7,9H2,1-2H3;5-6H,3-4,7H2,1-2H3,(H,17,18). The number of anilines is 1. The van der Waals surface area contributed by atoms with Gasteiger partial charge in [-0.3, -0.25) is 4.79 Å². The summed E-state index contributed by atoms with van der Waals surface area (Å²) >= 11 is 7.10. The summed E-state index contributed by atoms with van der Waals surface area (Å²) in [5.74, 6) is -1.32. The highest BCUT2D eigenvalue weighted by atomic mass is 35.5. The van der Waals surface area contributed by atoms with Crippen molar-refractivity contribution in [3.63, 3.8) is 0 Å². The fraction of sp³-hybridized carbons (Fsp3) is 0.500. The quantitative estimate of drug-likeness (QED) is 0.159. The lowest BCUT2D eigenvalue weighted by Crippen LogP contribution is -2.13. The minimum absolute atomic E-state index is 0.0642. The molecule has 0 amide bonds. The van der Waals surface area contributed by atoms with Crippen molar-refractivity contribution in [3.05, 3.63) is 52.1 Å². The second kappa shape index (κ2) is 16.0. The van der Waals surface area contributed by atoms with E-state index in [-0.39, 0.29) is 12.2 Å². The number of rotatable bonds is 10. The first kappa shape index (κ1) is 35.1. The molecular formula is C28H33ClF6N2O2S2. The number of ether oxygens (including phenoxy) is 1. The first-order chi connectivity index (χ1) is 19.1. The number of alkyl halides is 7. The van der Waals surface area contributed by atoms with Gasteiger partial charge in [-0.25, -0.2) is 4.99 Å². The van der Waals surface area contributed by atoms with Crippen molar-refractivity contribution in [2.75, 3.05) is 35.9 Å². The number of hydrogen-bond donors (Lipinski definition) is 1. The number of halogens is 7. The molecule has 0 spiro atoms. The van der Waals surface area contributed by atoms with Crippen LogP contribution in [0.25, 0.3) is 0 Å². The highest BCUT2D eigenvalue weighted by Crippen LogP contribution is 2.33. The Labute approximate surface area is 250 Å². The van der Waals surface area contributed by atoms with Gasteiger partial charge >= 0.3 is 12.4 Å². The molecule has 2 aromatic rings. The van der Waals surface area contributed by atoms with Gasteiger partial charge < -0.3 is 10.1 Å². The number of aliphatic imine (C=N–C) groups is 1. The van der Waals surface area contributed by atoms with Crippen molar-refractivity contribution in [1.82, 2.24) is 0 Å². The molecule has 41 heavy (non-hydrogen) atoms. The number of aryl methyl sites for hydroxylation is 4. The molecule has 13 heteroatoms. The van der Waals surface area contributed by atoms with Crippen molar-refractivity contribution >= 4 is 52.6 Å². The maximum Gasteiger partial charge on any atom is 0.398 e. The molecular weight excluding hydrogens is 610 g/mol. The van der Waals surface area contributed by atoms with Gasteiger partial charge in [-0.05, 0) is 74.1 Å². The highest BCUT2D eigenvalue weighted by molar-refractivity contribution is 7.99. The topological polar surface area (TPSA) is 50.7 Å². The Morgan fingerprint density at radius 3 is 1.98 bits per heavy atom. The molecule has 1 N–H and O–H groups in total. The number of thioether (sulfide) groups is 2. The highest BCUT2D eigenvalue weighted by Gasteiger charge is 2.28. The van der Waals surface area contributed by atoms with Gasteiger partial charge in [-0.1, -0.05) is 12.1 Å². The number of carbonyl (C=O) groups is 1. The van der Waals surface area contributed by atoms with Crippen LogP contribution in [-0.4, -0.2) is 54.7 Å². The van der Waals surface area contributed by atoms with E-state index < -0.39 is 23.9 Å². The minimum Gasteiger partial charge on any atom is -0.463 e. The van der Waals surface area contributed by atoms with E-state index in [1.165, 1.54) is 0 Å². The Bertz CT molecular complexity index is 1220. The maximum absolute atomic E-state index is 12.3. The maximum atomic E-state index is 12.3. The van der Waals surface area contributed by atoms with E-state index in [9.17, 15) is 31.1 Å². The van der Waals surface area contributed by atoms with E-state index in [2.05, 4.69) is 10.3 Å². The van der Waals surface area contributed by atoms with Crippen LogP contribution in [0.1, 0.15) is 40.7 Å². The van der Waals surface area contributed by atoms with Gasteiger partial charge in [0, 0.05) is 34.2 Å². The number of amidine groups is 1. The zero-order valence-electron chi connectivity index (χ0n) is 23.2. The smallest absolute Gasteiger partial charge is 0.398 e. The van der Waals surface area contributed by atoms with Gasteiger partial charge in [0.1, 0.15) is 12.4 Å². The number of ketones is 1. The molecule has 0 saturated heterocycles. The number of carbonyl (C=O) groups excluding carboxylic acids is 1. The third-order valence-corrected chi connectivity index (χ3v) is 8.45. The lowest BCUT2D eigenvalue weighted by molar-refractivity contribution is -0.118. The summed E-state index contributed by atoms with van der Waals surface area (Å²) in [6.45, 7) is 8.48. The van der Waals surface area contributed by atoms with Crippen LogP contribution >= 0.6 is 35.1 Å². The van der Waals surface area contributed by atoms with Gasteiger partial charge in [0.2, 0.25) is 0 Å². The molecule has 2 aromatic carbocycles. The molecule has 0 radical (unpaired) electrons. The Kier molecular flexibility index (Phi) is 13.7. The fourth-order valence-electron chi connectivity index (χ4n) is 3.75. The largest absolute Gasteiger partial charge is 0.463 e. The molecule has 1 heterocycles. The normalized spacial score (nSPS) is 13.3. The lowest BCUT2D eigenvalue weighted by Gasteiger charge is -2.14. The van der Waals surface area contributed by atoms with E-state index in [0.717, 1.165) is 57.0 Å². The molecule has 0 aromatic heterocycles. The average Bonchev–Trinajstić information content (AvgIpc) is 3.37. The SMILES string of the molecule is Cc1cc(C)c(SCC(F)(F)F)cc1CC(=O)CCCCl.Cc1cc(C)c(SCC(F)(F)F)cc1NC1=NCCO1. The van der Waals surface area contributed by atoms with E-state index in [1.54, 1.807) is 26.0 Å². The Morgan fingerprint density at radius 2 is 1.46 bits per heavy atom. The fourth-order valence-corrected chi connectivity index (χ4v) is 5.52. The van der Waals surface area contributed by atoms with Gasteiger partial charge in [-0.2, -0.15) is 26.3 Å². The van der Waals surface area contributed by atoms with E-state index in [1.807, 2.05) is 26.0 Å². The lowest BCUT2D eigenvalue weighted by atomic mass is 9.99. The molecule has 1 aliphatic heterocycles. The van der Waals surface area contributed by atoms with Crippen LogP contribution in [0.2, 0.25) is 0 Å². The third kappa shape index (κ3) is 13.2. The Morgan fingerprint density at radius 1 is 0.902 bits per heavy atom. The van der Waals surface area contributed by atoms with Crippen LogP contribution in [0.4, 0.5) is 32.0 Å². The number of Topliss-reactive ketones (excluding diaryl/α,β-unsaturated/α-hetero) is 1. The van der Waals surface area contributed by atoms with Crippen LogP contribution in [0, 0.1) is 27.7 Å². The number of nitrogens with zero attached hydrogens (tertiary/aromatic N) is 1. The molecule has 0 bridgehead atoms. The van der Waals surface area contributed by atoms with Gasteiger partial charge in [0.15, 0.2) is 0 Å². The van der Waals surface area contributed by atoms with Crippen molar-refractivity contribution in [2.45, 2.75) is 69.1 Å². The second-order valence-electron chi connectivity index (χ2n) is 9.45. The summed E-state index contributed by atoms with van der Waals surface area (Å²) < 4.78 is 79.1. The predicted molar refractivity (Wildman–Crippen MR) is 156 cm³/mol. The zero-order chi connectivity index (χ0) is 30.8. The van der Waals surface area contributed by atoms with Crippen LogP contribution in [0.5, 0.6) is 0 Å². The summed E-state index contributed by atoms with van der Waals surface area (Å²) in [7, 11) is 0. The number of benzene rings is 2. The van der Waals surface area contributed by atoms with Crippen LogP contribution < -0.4 is 5.32 Å².